The molecule has 22 heavy (non-hydrogen) atoms. The van der Waals surface area contributed by atoms with Crippen molar-refractivity contribution in [3.05, 3.63) is 58.5 Å². The zero-order valence-corrected chi connectivity index (χ0v) is 11.4. The first-order valence-corrected chi connectivity index (χ1v) is 6.70. The average Bonchev–Trinajstić information content (AvgIpc) is 2.93. The topological polar surface area (TPSA) is 105 Å². The molecule has 112 valence electrons. The fourth-order valence-corrected chi connectivity index (χ4v) is 2.85. The quantitative estimate of drug-likeness (QED) is 0.902. The van der Waals surface area contributed by atoms with Crippen LogP contribution in [0.1, 0.15) is 54.7 Å². The molecule has 1 aliphatic carbocycles. The summed E-state index contributed by atoms with van der Waals surface area (Å²) in [6, 6.07) is 7.12. The van der Waals surface area contributed by atoms with E-state index in [0.29, 0.717) is 18.4 Å². The number of carbonyl (C=O) groups is 3. The van der Waals surface area contributed by atoms with E-state index < -0.39 is 29.0 Å². The first-order chi connectivity index (χ1) is 10.5. The van der Waals surface area contributed by atoms with Crippen LogP contribution in [0.15, 0.2) is 34.9 Å². The summed E-state index contributed by atoms with van der Waals surface area (Å²) in [5.74, 6) is -3.89. The smallest absolute Gasteiger partial charge is 0.340 e. The zero-order valence-electron chi connectivity index (χ0n) is 11.4. The summed E-state index contributed by atoms with van der Waals surface area (Å²) < 4.78 is 5.16. The molecule has 0 amide bonds. The second-order valence-electron chi connectivity index (χ2n) is 5.11. The molecule has 0 saturated carbocycles. The molecular weight excluding hydrogens is 288 g/mol. The van der Waals surface area contributed by atoms with Crippen LogP contribution in [0.3, 0.4) is 0 Å². The molecule has 6 heteroatoms. The number of benzene rings is 1. The lowest BCUT2D eigenvalue weighted by Gasteiger charge is -2.22. The summed E-state index contributed by atoms with van der Waals surface area (Å²) in [7, 11) is 0. The van der Waals surface area contributed by atoms with E-state index in [4.69, 9.17) is 9.52 Å². The summed E-state index contributed by atoms with van der Waals surface area (Å²) in [6.07, 6.45) is 1.88. The number of rotatable bonds is 3. The average molecular weight is 300 g/mol. The minimum Gasteiger partial charge on any atom is -0.478 e. The van der Waals surface area contributed by atoms with Crippen LogP contribution >= 0.6 is 0 Å². The second-order valence-corrected chi connectivity index (χ2v) is 5.11. The lowest BCUT2D eigenvalue weighted by atomic mass is 9.80. The van der Waals surface area contributed by atoms with Crippen LogP contribution in [0.25, 0.3) is 0 Å². The highest BCUT2D eigenvalue weighted by molar-refractivity contribution is 6.07. The van der Waals surface area contributed by atoms with Crippen LogP contribution in [-0.4, -0.2) is 27.9 Å². The summed E-state index contributed by atoms with van der Waals surface area (Å²) in [5.41, 5.74) is 0.563. The minimum absolute atomic E-state index is 0.0793. The number of ketones is 1. The maximum Gasteiger partial charge on any atom is 0.340 e. The van der Waals surface area contributed by atoms with Crippen LogP contribution in [0.4, 0.5) is 0 Å². The predicted octanol–water partition coefficient (Wildman–Crippen LogP) is 2.59. The van der Waals surface area contributed by atoms with Gasteiger partial charge in [0.1, 0.15) is 23.2 Å². The number of aryl methyl sites for hydroxylation is 1. The summed E-state index contributed by atoms with van der Waals surface area (Å²) >= 11 is 0. The number of carboxylic acid groups (broad SMARTS) is 2. The third-order valence-electron chi connectivity index (χ3n) is 3.88. The van der Waals surface area contributed by atoms with Gasteiger partial charge in [-0.2, -0.15) is 0 Å². The third-order valence-corrected chi connectivity index (χ3v) is 3.88. The number of hydrogen-bond acceptors (Lipinski definition) is 4. The number of carboxylic acids is 2. The van der Waals surface area contributed by atoms with E-state index in [2.05, 4.69) is 0 Å². The molecule has 0 aliphatic heterocycles. The highest BCUT2D eigenvalue weighted by Gasteiger charge is 2.36. The van der Waals surface area contributed by atoms with Gasteiger partial charge < -0.3 is 14.6 Å². The Morgan fingerprint density at radius 1 is 1.14 bits per heavy atom. The Bertz CT molecular complexity index is 786. The van der Waals surface area contributed by atoms with Crippen molar-refractivity contribution in [1.82, 2.24) is 0 Å². The largest absolute Gasteiger partial charge is 0.478 e. The monoisotopic (exact) mass is 300 g/mol. The van der Waals surface area contributed by atoms with Crippen molar-refractivity contribution in [2.24, 2.45) is 0 Å². The molecule has 1 unspecified atom stereocenters. The zero-order chi connectivity index (χ0) is 15.9. The van der Waals surface area contributed by atoms with E-state index >= 15 is 0 Å². The molecule has 2 aromatic rings. The normalized spacial score (nSPS) is 17.1. The molecular formula is C16H12O6. The van der Waals surface area contributed by atoms with Gasteiger partial charge in [-0.05, 0) is 18.4 Å². The molecule has 1 atom stereocenters. The summed E-state index contributed by atoms with van der Waals surface area (Å²) in [6.45, 7) is 0. The van der Waals surface area contributed by atoms with Gasteiger partial charge in [0.15, 0.2) is 5.78 Å². The van der Waals surface area contributed by atoms with E-state index in [0.717, 1.165) is 11.8 Å². The van der Waals surface area contributed by atoms with Gasteiger partial charge in [0.05, 0.1) is 5.92 Å². The Kier molecular flexibility index (Phi) is 3.29. The summed E-state index contributed by atoms with van der Waals surface area (Å²) in [5, 5.41) is 18.3. The summed E-state index contributed by atoms with van der Waals surface area (Å²) in [4.78, 5) is 35.0. The number of furan rings is 1. The van der Waals surface area contributed by atoms with E-state index in [1.807, 2.05) is 12.1 Å². The van der Waals surface area contributed by atoms with E-state index in [-0.39, 0.29) is 11.5 Å². The van der Waals surface area contributed by atoms with Gasteiger partial charge in [-0.15, -0.1) is 0 Å². The molecule has 0 bridgehead atoms. The maximum atomic E-state index is 12.6. The molecule has 6 nitrogen and oxygen atoms in total. The molecule has 0 radical (unpaired) electrons. The van der Waals surface area contributed by atoms with Crippen molar-refractivity contribution >= 4 is 17.7 Å². The number of fused-ring (bicyclic) bond motifs is 1. The van der Waals surface area contributed by atoms with Crippen LogP contribution in [0.5, 0.6) is 0 Å². The van der Waals surface area contributed by atoms with Gasteiger partial charge >= 0.3 is 11.9 Å². The Hall–Kier alpha value is -2.89. The van der Waals surface area contributed by atoms with Crippen molar-refractivity contribution < 1.29 is 29.0 Å². The molecule has 1 aliphatic rings. The van der Waals surface area contributed by atoms with Crippen LogP contribution in [0, 0.1) is 0 Å². The van der Waals surface area contributed by atoms with Gasteiger partial charge in [0, 0.05) is 5.56 Å². The van der Waals surface area contributed by atoms with E-state index in [1.54, 1.807) is 12.1 Å². The molecule has 1 aromatic carbocycles. The van der Waals surface area contributed by atoms with Crippen molar-refractivity contribution in [1.29, 1.82) is 0 Å². The molecule has 1 aromatic heterocycles. The number of aromatic carboxylic acids is 2. The van der Waals surface area contributed by atoms with Gasteiger partial charge in [-0.1, -0.05) is 24.3 Å². The molecule has 0 spiro atoms. The maximum absolute atomic E-state index is 12.6. The SMILES string of the molecule is O=C(O)c1coc(C2CCc3ccccc3C2=O)c1C(=O)O. The Morgan fingerprint density at radius 2 is 1.86 bits per heavy atom. The highest BCUT2D eigenvalue weighted by Crippen LogP contribution is 2.36. The fraction of sp³-hybridized carbons (Fsp3) is 0.188. The minimum atomic E-state index is -1.41. The number of hydrogen-bond donors (Lipinski definition) is 2. The van der Waals surface area contributed by atoms with Crippen molar-refractivity contribution in [2.75, 3.05) is 0 Å². The lowest BCUT2D eigenvalue weighted by molar-refractivity contribution is 0.0651. The van der Waals surface area contributed by atoms with Gasteiger partial charge in [0.2, 0.25) is 0 Å². The van der Waals surface area contributed by atoms with E-state index in [1.165, 1.54) is 0 Å². The van der Waals surface area contributed by atoms with Gasteiger partial charge in [0.25, 0.3) is 0 Å². The standard InChI is InChI=1S/C16H12O6/c17-13-9-4-2-1-3-8(9)5-6-10(13)14-12(16(20)21)11(7-22-14)15(18)19/h1-4,7,10H,5-6H2,(H,18,19)(H,20,21). The molecule has 0 fully saturated rings. The van der Waals surface area contributed by atoms with Crippen molar-refractivity contribution in [3.8, 4) is 0 Å². The highest BCUT2D eigenvalue weighted by atomic mass is 16.4. The van der Waals surface area contributed by atoms with Crippen molar-refractivity contribution in [2.45, 2.75) is 18.8 Å². The first kappa shape index (κ1) is 14.1. The lowest BCUT2D eigenvalue weighted by Crippen LogP contribution is -2.22. The Labute approximate surface area is 125 Å². The third kappa shape index (κ3) is 2.09. The molecule has 1 heterocycles. The van der Waals surface area contributed by atoms with E-state index in [9.17, 15) is 19.5 Å². The molecule has 2 N–H and O–H groups in total. The Morgan fingerprint density at radius 3 is 2.55 bits per heavy atom. The molecule has 0 saturated heterocycles. The fourth-order valence-electron chi connectivity index (χ4n) is 2.85. The van der Waals surface area contributed by atoms with Gasteiger partial charge in [-0.3, -0.25) is 4.79 Å². The number of carbonyl (C=O) groups excluding carboxylic acids is 1. The molecule has 3 rings (SSSR count). The van der Waals surface area contributed by atoms with Crippen molar-refractivity contribution in [3.63, 3.8) is 0 Å². The van der Waals surface area contributed by atoms with Crippen LogP contribution in [-0.2, 0) is 6.42 Å². The second kappa shape index (κ2) is 5.14. The predicted molar refractivity (Wildman–Crippen MR) is 74.5 cm³/mol. The first-order valence-electron chi connectivity index (χ1n) is 6.70. The Balaban J connectivity index is 2.08. The number of Topliss-reactive ketones (excluding diaryl/α,β-unsaturated/α-hetero) is 1. The van der Waals surface area contributed by atoms with Crippen LogP contribution in [0.2, 0.25) is 0 Å². The van der Waals surface area contributed by atoms with Gasteiger partial charge in [-0.25, -0.2) is 9.59 Å². The van der Waals surface area contributed by atoms with Crippen LogP contribution < -0.4 is 0 Å².